The first kappa shape index (κ1) is 21.1. The van der Waals surface area contributed by atoms with E-state index in [1.807, 2.05) is 0 Å². The van der Waals surface area contributed by atoms with Crippen molar-refractivity contribution in [2.45, 2.75) is 18.6 Å². The molecule has 10 nitrogen and oxygen atoms in total. The third kappa shape index (κ3) is 4.94. The van der Waals surface area contributed by atoms with E-state index in [-0.39, 0.29) is 24.0 Å². The molecule has 0 atom stereocenters. The zero-order valence-electron chi connectivity index (χ0n) is 15.8. The number of rotatable bonds is 6. The summed E-state index contributed by atoms with van der Waals surface area (Å²) >= 11 is 0. The van der Waals surface area contributed by atoms with E-state index in [2.05, 4.69) is 20.6 Å². The molecule has 150 valence electrons. The van der Waals surface area contributed by atoms with E-state index in [9.17, 15) is 13.2 Å². The first-order chi connectivity index (χ1) is 12.9. The van der Waals surface area contributed by atoms with Crippen LogP contribution in [0.1, 0.15) is 19.5 Å². The Labute approximate surface area is 163 Å². The molecule has 2 aromatic rings. The third-order valence-corrected chi connectivity index (χ3v) is 6.19. The van der Waals surface area contributed by atoms with Crippen molar-refractivity contribution in [1.29, 1.82) is 5.41 Å². The maximum absolute atomic E-state index is 12.1. The quantitative estimate of drug-likeness (QED) is 0.352. The summed E-state index contributed by atoms with van der Waals surface area (Å²) in [5.74, 6) is 0.277. The van der Waals surface area contributed by atoms with Crippen LogP contribution < -0.4 is 22.1 Å². The second-order valence-corrected chi connectivity index (χ2v) is 9.26. The van der Waals surface area contributed by atoms with Gasteiger partial charge >= 0.3 is 6.03 Å². The predicted molar refractivity (Wildman–Crippen MR) is 109 cm³/mol. The number of carbonyl (C=O) groups excluding carboxylic acids is 1. The molecule has 0 aliphatic heterocycles. The Kier molecular flexibility index (Phi) is 5.88. The molecular weight excluding hydrogens is 382 g/mol. The molecule has 0 spiro atoms. The van der Waals surface area contributed by atoms with Crippen LogP contribution in [0.15, 0.2) is 30.3 Å². The van der Waals surface area contributed by atoms with Gasteiger partial charge in [-0.15, -0.1) is 0 Å². The van der Waals surface area contributed by atoms with Gasteiger partial charge in [-0.2, -0.15) is 0 Å². The molecule has 0 unspecified atom stereocenters. The summed E-state index contributed by atoms with van der Waals surface area (Å²) in [6.07, 6.45) is 1.14. The lowest BCUT2D eigenvalue weighted by Gasteiger charge is -2.22. The number of urea groups is 1. The van der Waals surface area contributed by atoms with Gasteiger partial charge in [-0.25, -0.2) is 23.2 Å². The summed E-state index contributed by atoms with van der Waals surface area (Å²) in [5, 5.41) is 12.1. The zero-order chi connectivity index (χ0) is 21.1. The summed E-state index contributed by atoms with van der Waals surface area (Å²) < 4.78 is 22.9. The van der Waals surface area contributed by atoms with Crippen LogP contribution in [0.5, 0.6) is 0 Å². The average Bonchev–Trinajstić information content (AvgIpc) is 2.59. The fourth-order valence-electron chi connectivity index (χ4n) is 2.15. The Bertz CT molecular complexity index is 1000. The Balaban J connectivity index is 2.27. The second-order valence-electron chi connectivity index (χ2n) is 6.69. The van der Waals surface area contributed by atoms with Crippen molar-refractivity contribution in [2.75, 3.05) is 23.9 Å². The largest absolute Gasteiger partial charge is 0.386 e. The van der Waals surface area contributed by atoms with Crippen LogP contribution in [0.4, 0.5) is 16.3 Å². The van der Waals surface area contributed by atoms with Gasteiger partial charge in [0.2, 0.25) is 0 Å². The molecule has 0 radical (unpaired) electrons. The van der Waals surface area contributed by atoms with Crippen LogP contribution in [0.2, 0.25) is 0 Å². The van der Waals surface area contributed by atoms with E-state index in [1.165, 1.54) is 6.07 Å². The number of sulfone groups is 1. The lowest BCUT2D eigenvalue weighted by Crippen LogP contribution is -2.35. The highest BCUT2D eigenvalue weighted by molar-refractivity contribution is 7.91. The van der Waals surface area contributed by atoms with Gasteiger partial charge in [-0.1, -0.05) is 0 Å². The summed E-state index contributed by atoms with van der Waals surface area (Å²) in [7, 11) is -3.43. The van der Waals surface area contributed by atoms with Crippen LogP contribution in [0.3, 0.4) is 0 Å². The van der Waals surface area contributed by atoms with Gasteiger partial charge in [-0.05, 0) is 38.1 Å². The molecule has 2 rings (SSSR count). The molecule has 0 aliphatic rings. The number of aromatic nitrogens is 2. The lowest BCUT2D eigenvalue weighted by molar-refractivity contribution is 0.253. The minimum atomic E-state index is -3.43. The second kappa shape index (κ2) is 7.80. The van der Waals surface area contributed by atoms with Crippen molar-refractivity contribution < 1.29 is 13.2 Å². The highest BCUT2D eigenvalue weighted by atomic mass is 32.2. The van der Waals surface area contributed by atoms with Crippen molar-refractivity contribution >= 4 is 33.2 Å². The Hall–Kier alpha value is -3.21. The van der Waals surface area contributed by atoms with E-state index in [4.69, 9.17) is 16.9 Å². The van der Waals surface area contributed by atoms with Gasteiger partial charge in [-0.3, -0.25) is 5.41 Å². The number of hydrogen-bond acceptors (Lipinski definition) is 7. The topological polar surface area (TPSA) is 177 Å². The van der Waals surface area contributed by atoms with E-state index < -0.39 is 20.6 Å². The molecule has 28 heavy (non-hydrogen) atoms. The van der Waals surface area contributed by atoms with Crippen LogP contribution in [-0.4, -0.2) is 43.1 Å². The van der Waals surface area contributed by atoms with Crippen LogP contribution in [-0.2, 0) is 14.6 Å². The number of nitrogens with two attached hydrogens (primary N) is 2. The van der Waals surface area contributed by atoms with Gasteiger partial charge in [0, 0.05) is 23.6 Å². The average molecular weight is 405 g/mol. The molecule has 0 bridgehead atoms. The van der Waals surface area contributed by atoms with Crippen molar-refractivity contribution in [2.24, 2.45) is 5.73 Å². The molecule has 1 heterocycles. The number of amidine groups is 1. The summed E-state index contributed by atoms with van der Waals surface area (Å²) in [6.45, 7) is 3.06. The van der Waals surface area contributed by atoms with Crippen molar-refractivity contribution in [3.8, 4) is 11.4 Å². The van der Waals surface area contributed by atoms with E-state index in [0.29, 0.717) is 16.9 Å². The smallest absolute Gasteiger partial charge is 0.319 e. The number of benzene rings is 1. The maximum Gasteiger partial charge on any atom is 0.319 e. The monoisotopic (exact) mass is 405 g/mol. The minimum absolute atomic E-state index is 0.0556. The standard InChI is InChI=1S/C17H23N7O3S/c1-17(2,28(3,26)27)12-8-14(20)24-15(23-12)10-4-6-11(7-5-10)22-16(25)21-9-13(18)19/h4-8H,9H2,1-3H3,(H3,18,19)(H2,20,23,24)(H2,21,22,25). The fraction of sp³-hybridized carbons (Fsp3) is 0.294. The highest BCUT2D eigenvalue weighted by Crippen LogP contribution is 2.30. The van der Waals surface area contributed by atoms with Gasteiger partial charge in [0.05, 0.1) is 12.2 Å². The van der Waals surface area contributed by atoms with Crippen molar-refractivity contribution in [1.82, 2.24) is 15.3 Å². The molecule has 0 fully saturated rings. The third-order valence-electron chi connectivity index (χ3n) is 4.13. The molecule has 0 saturated carbocycles. The summed E-state index contributed by atoms with van der Waals surface area (Å²) in [6, 6.07) is 7.56. The fourth-order valence-corrected chi connectivity index (χ4v) is 2.63. The molecule has 0 aliphatic carbocycles. The molecule has 11 heteroatoms. The van der Waals surface area contributed by atoms with Gasteiger partial charge in [0.25, 0.3) is 0 Å². The summed E-state index contributed by atoms with van der Waals surface area (Å²) in [4.78, 5) is 20.2. The predicted octanol–water partition coefficient (Wildman–Crippen LogP) is 1.06. The lowest BCUT2D eigenvalue weighted by atomic mass is 10.1. The first-order valence-corrected chi connectivity index (χ1v) is 10.1. The SMILES string of the molecule is CC(C)(c1cc(N)nc(-c2ccc(NC(=O)NCC(=N)N)cc2)n1)S(C)(=O)=O. The van der Waals surface area contributed by atoms with Gasteiger partial charge in [0.1, 0.15) is 16.4 Å². The number of nitrogens with zero attached hydrogens (tertiary/aromatic N) is 2. The van der Waals surface area contributed by atoms with Crippen LogP contribution in [0, 0.1) is 5.41 Å². The Morgan fingerprint density at radius 2 is 1.82 bits per heavy atom. The van der Waals surface area contributed by atoms with E-state index in [1.54, 1.807) is 38.1 Å². The number of nitrogen functional groups attached to an aromatic ring is 1. The molecule has 1 aromatic carbocycles. The maximum atomic E-state index is 12.1. The number of carbonyl (C=O) groups is 1. The number of amides is 2. The number of anilines is 2. The van der Waals surface area contributed by atoms with Gasteiger partial charge < -0.3 is 22.1 Å². The normalized spacial score (nSPS) is 11.7. The Morgan fingerprint density at radius 3 is 2.36 bits per heavy atom. The highest BCUT2D eigenvalue weighted by Gasteiger charge is 2.34. The molecular formula is C17H23N7O3S. The molecule has 0 saturated heterocycles. The van der Waals surface area contributed by atoms with E-state index >= 15 is 0 Å². The van der Waals surface area contributed by atoms with E-state index in [0.717, 1.165) is 6.26 Å². The van der Waals surface area contributed by atoms with Crippen molar-refractivity contribution in [3.63, 3.8) is 0 Å². The Morgan fingerprint density at radius 1 is 1.21 bits per heavy atom. The number of hydrogen-bond donors (Lipinski definition) is 5. The minimum Gasteiger partial charge on any atom is -0.386 e. The zero-order valence-corrected chi connectivity index (χ0v) is 16.6. The van der Waals surface area contributed by atoms with Gasteiger partial charge in [0.15, 0.2) is 15.7 Å². The summed E-state index contributed by atoms with van der Waals surface area (Å²) in [5.41, 5.74) is 12.4. The first-order valence-electron chi connectivity index (χ1n) is 8.23. The molecule has 1 aromatic heterocycles. The number of nitrogens with one attached hydrogen (secondary N) is 3. The van der Waals surface area contributed by atoms with Crippen LogP contribution >= 0.6 is 0 Å². The van der Waals surface area contributed by atoms with Crippen LogP contribution in [0.25, 0.3) is 11.4 Å². The molecule has 2 amide bonds. The molecule has 7 N–H and O–H groups in total. The van der Waals surface area contributed by atoms with Crippen molar-refractivity contribution in [3.05, 3.63) is 36.0 Å².